The van der Waals surface area contributed by atoms with Crippen LogP contribution in [0.15, 0.2) is 109 Å². The second-order valence-corrected chi connectivity index (χ2v) is 29.6. The first kappa shape index (κ1) is 95.7. The van der Waals surface area contributed by atoms with E-state index >= 15 is 0 Å². The first-order valence-corrected chi connectivity index (χ1v) is 42.6. The minimum atomic E-state index is -1.79. The summed E-state index contributed by atoms with van der Waals surface area (Å²) in [4.78, 5) is 13.4. The summed E-state index contributed by atoms with van der Waals surface area (Å²) < 4.78 is 22.9. The summed E-state index contributed by atoms with van der Waals surface area (Å²) >= 11 is 0. The molecule has 1 amide bonds. The van der Waals surface area contributed by atoms with Crippen molar-refractivity contribution in [1.82, 2.24) is 5.32 Å². The maximum absolute atomic E-state index is 13.4. The molecule has 0 radical (unpaired) electrons. The van der Waals surface area contributed by atoms with Crippen LogP contribution in [0.1, 0.15) is 354 Å². The Morgan fingerprint density at radius 1 is 0.359 bits per heavy atom. The summed E-state index contributed by atoms with van der Waals surface area (Å²) in [7, 11) is 0. The number of rotatable bonds is 71. The van der Waals surface area contributed by atoms with Crippen LogP contribution in [0.3, 0.4) is 0 Å². The molecule has 0 aliphatic carbocycles. The van der Waals surface area contributed by atoms with E-state index in [1.54, 1.807) is 6.08 Å². The number of carbonyl (C=O) groups is 1. The minimum Gasteiger partial charge on any atom is -0.394 e. The molecule has 0 aromatic rings. The van der Waals surface area contributed by atoms with Gasteiger partial charge in [-0.15, -0.1) is 0 Å². The van der Waals surface area contributed by atoms with Gasteiger partial charge in [0, 0.05) is 6.42 Å². The SMILES string of the molecule is CC/C=C\C/C=C\C/C=C\C/C=C\C/C=C\C/C=C\C/C=C\C/C=C\CCCCCCCCCCCCCCCCC(=O)NC(COC1OC(CO)C(OC2OC(CO)C(O)C(O)C2O)C(O)C1O)C(O)/C=C/CCCCCCCCCCCCCCCCCCCCCCCCCCCCCC. The largest absolute Gasteiger partial charge is 0.394 e. The molecule has 2 saturated heterocycles. The van der Waals surface area contributed by atoms with Crippen LogP contribution < -0.4 is 5.32 Å². The van der Waals surface area contributed by atoms with E-state index in [1.807, 2.05) is 6.08 Å². The van der Waals surface area contributed by atoms with Gasteiger partial charge in [-0.05, 0) is 83.5 Å². The van der Waals surface area contributed by atoms with Crippen LogP contribution >= 0.6 is 0 Å². The van der Waals surface area contributed by atoms with Gasteiger partial charge in [0.15, 0.2) is 12.6 Å². The third kappa shape index (κ3) is 54.0. The molecule has 14 nitrogen and oxygen atoms in total. The number of allylic oxidation sites excluding steroid dienone is 17. The van der Waals surface area contributed by atoms with E-state index in [4.69, 9.17) is 18.9 Å². The lowest BCUT2D eigenvalue weighted by molar-refractivity contribution is -0.359. The molecular weight excluding hydrogens is 1290 g/mol. The first-order chi connectivity index (χ1) is 50.6. The molecule has 0 saturated carbocycles. The van der Waals surface area contributed by atoms with E-state index in [-0.39, 0.29) is 18.9 Å². The number of nitrogens with one attached hydrogen (secondary N) is 1. The molecule has 12 atom stereocenters. The topological polar surface area (TPSA) is 228 Å². The maximum atomic E-state index is 13.4. The number of unbranched alkanes of at least 4 members (excludes halogenated alkanes) is 42. The lowest BCUT2D eigenvalue weighted by Gasteiger charge is -2.46. The molecule has 12 unspecified atom stereocenters. The van der Waals surface area contributed by atoms with Crippen molar-refractivity contribution >= 4 is 5.91 Å². The molecule has 2 rings (SSSR count). The summed E-state index contributed by atoms with van der Waals surface area (Å²) in [6.45, 7) is 2.73. The molecule has 0 bridgehead atoms. The Morgan fingerprint density at radius 3 is 1.03 bits per heavy atom. The third-order valence-corrected chi connectivity index (χ3v) is 20.2. The molecule has 0 aromatic heterocycles. The predicted molar refractivity (Wildman–Crippen MR) is 429 cm³/mol. The van der Waals surface area contributed by atoms with Crippen molar-refractivity contribution in [1.29, 1.82) is 0 Å². The highest BCUT2D eigenvalue weighted by Crippen LogP contribution is 2.30. The zero-order chi connectivity index (χ0) is 74.4. The first-order valence-electron chi connectivity index (χ1n) is 42.6. The van der Waals surface area contributed by atoms with Gasteiger partial charge in [-0.25, -0.2) is 0 Å². The molecule has 2 aliphatic heterocycles. The van der Waals surface area contributed by atoms with Crippen molar-refractivity contribution in [3.63, 3.8) is 0 Å². The van der Waals surface area contributed by atoms with Gasteiger partial charge in [0.1, 0.15) is 48.8 Å². The van der Waals surface area contributed by atoms with Crippen molar-refractivity contribution in [2.45, 2.75) is 428 Å². The smallest absolute Gasteiger partial charge is 0.220 e. The highest BCUT2D eigenvalue weighted by molar-refractivity contribution is 5.76. The van der Waals surface area contributed by atoms with Crippen molar-refractivity contribution in [3.05, 3.63) is 109 Å². The van der Waals surface area contributed by atoms with E-state index in [1.165, 1.54) is 238 Å². The minimum absolute atomic E-state index is 0.239. The fourth-order valence-electron chi connectivity index (χ4n) is 13.5. The quantitative estimate of drug-likeness (QED) is 0.0204. The monoisotopic (exact) mass is 1450 g/mol. The number of carbonyl (C=O) groups excluding carboxylic acids is 1. The van der Waals surface area contributed by atoms with E-state index in [0.29, 0.717) is 6.42 Å². The van der Waals surface area contributed by atoms with Gasteiger partial charge in [-0.3, -0.25) is 4.79 Å². The summed E-state index contributed by atoms with van der Waals surface area (Å²) in [5, 5.41) is 87.8. The molecule has 2 aliphatic rings. The second kappa shape index (κ2) is 71.6. The van der Waals surface area contributed by atoms with Crippen LogP contribution in [0.2, 0.25) is 0 Å². The van der Waals surface area contributed by atoms with E-state index in [9.17, 15) is 45.6 Å². The fourth-order valence-corrected chi connectivity index (χ4v) is 13.5. The third-order valence-electron chi connectivity index (χ3n) is 20.2. The Hall–Kier alpha value is -3.35. The number of hydrogen-bond acceptors (Lipinski definition) is 13. The molecule has 2 fully saturated rings. The number of amides is 1. The van der Waals surface area contributed by atoms with Crippen molar-refractivity contribution in [2.75, 3.05) is 19.8 Å². The Kier molecular flexibility index (Phi) is 66.5. The zero-order valence-corrected chi connectivity index (χ0v) is 65.5. The summed E-state index contributed by atoms with van der Waals surface area (Å²) in [5.41, 5.74) is 0. The van der Waals surface area contributed by atoms with Crippen LogP contribution in [-0.2, 0) is 23.7 Å². The summed E-state index contributed by atoms with van der Waals surface area (Å²) in [6, 6.07) is -0.923. The summed E-state index contributed by atoms with van der Waals surface area (Å²) in [5.74, 6) is -0.239. The van der Waals surface area contributed by atoms with Crippen LogP contribution in [0.4, 0.5) is 0 Å². The molecule has 596 valence electrons. The lowest BCUT2D eigenvalue weighted by atomic mass is 9.97. The molecule has 0 aromatic carbocycles. The molecule has 2 heterocycles. The number of aliphatic hydroxyl groups excluding tert-OH is 8. The Labute approximate surface area is 629 Å². The van der Waals surface area contributed by atoms with Gasteiger partial charge >= 0.3 is 0 Å². The van der Waals surface area contributed by atoms with Crippen LogP contribution in [-0.4, -0.2) is 140 Å². The number of ether oxygens (including phenoxy) is 4. The van der Waals surface area contributed by atoms with E-state index in [2.05, 4.69) is 116 Å². The second-order valence-electron chi connectivity index (χ2n) is 29.6. The lowest BCUT2D eigenvalue weighted by Crippen LogP contribution is -2.65. The Morgan fingerprint density at radius 2 is 0.670 bits per heavy atom. The number of hydrogen-bond donors (Lipinski definition) is 9. The molecule has 103 heavy (non-hydrogen) atoms. The highest BCUT2D eigenvalue weighted by atomic mass is 16.7. The van der Waals surface area contributed by atoms with E-state index < -0.39 is 86.8 Å². The van der Waals surface area contributed by atoms with Gasteiger partial charge in [-0.2, -0.15) is 0 Å². The standard InChI is InChI=1S/C89H157NO13/c1-3-5-7-9-11-13-15-17-19-21-23-25-27-29-31-33-35-36-37-38-39-40-41-42-43-45-47-49-51-53-55-57-59-61-63-65-67-69-71-73-81(94)90-77(76-100-88-86(99)84(97)87(80(75-92)102-88)103-89-85(98)83(96)82(95)79(74-91)101-89)78(93)72-70-68-66-64-62-60-58-56-54-52-50-48-46-44-34-32-30-28-26-24-22-20-18-16-14-12-10-8-6-4-2/h5,7,11,13,17,19,23,25,29,31,35-36,38-39,41-42,70,72,77-80,82-89,91-93,95-99H,3-4,6,8-10,12,14-16,18,20-22,24,26-28,30,32-34,37,40,43-69,71,73-76H2,1-2H3,(H,90,94)/b7-5-,13-11-,19-17-,25-23-,31-29-,36-35-,39-38-,42-41-,72-70+. The molecule has 9 N–H and O–H groups in total. The average Bonchev–Trinajstić information content (AvgIpc) is 0.791. The van der Waals surface area contributed by atoms with Gasteiger partial charge in [0.25, 0.3) is 0 Å². The van der Waals surface area contributed by atoms with Crippen LogP contribution in [0.5, 0.6) is 0 Å². The van der Waals surface area contributed by atoms with Gasteiger partial charge in [-0.1, -0.05) is 374 Å². The fraction of sp³-hybridized carbons (Fsp3) is 0.787. The highest BCUT2D eigenvalue weighted by Gasteiger charge is 2.51. The van der Waals surface area contributed by atoms with Crippen LogP contribution in [0, 0.1) is 0 Å². The summed E-state index contributed by atoms with van der Waals surface area (Å²) in [6.07, 6.45) is 87.4. The molecule has 0 spiro atoms. The number of aliphatic hydroxyl groups is 8. The van der Waals surface area contributed by atoms with Gasteiger partial charge < -0.3 is 65.1 Å². The van der Waals surface area contributed by atoms with E-state index in [0.717, 1.165) is 89.9 Å². The normalized spacial score (nSPS) is 22.1. The van der Waals surface area contributed by atoms with Crippen LogP contribution in [0.25, 0.3) is 0 Å². The average molecular weight is 1450 g/mol. The maximum Gasteiger partial charge on any atom is 0.220 e. The molecular formula is C89H157NO13. The van der Waals surface area contributed by atoms with Crippen molar-refractivity contribution in [2.24, 2.45) is 0 Å². The van der Waals surface area contributed by atoms with Crippen molar-refractivity contribution in [3.8, 4) is 0 Å². The Balaban J connectivity index is 1.60. The zero-order valence-electron chi connectivity index (χ0n) is 65.5. The Bertz CT molecular complexity index is 2150. The van der Waals surface area contributed by atoms with Gasteiger partial charge in [0.2, 0.25) is 5.91 Å². The van der Waals surface area contributed by atoms with Crippen molar-refractivity contribution < 1.29 is 64.6 Å². The van der Waals surface area contributed by atoms with Gasteiger partial charge in [0.05, 0.1) is 32.0 Å². The molecule has 14 heteroatoms. The predicted octanol–water partition coefficient (Wildman–Crippen LogP) is 20.2.